The Bertz CT molecular complexity index is 1350. The van der Waals surface area contributed by atoms with E-state index in [0.29, 0.717) is 34.7 Å². The first-order valence-electron chi connectivity index (χ1n) is 10.00. The van der Waals surface area contributed by atoms with Gasteiger partial charge in [0.1, 0.15) is 17.0 Å². The number of carbonyl (C=O) groups is 2. The normalized spacial score (nSPS) is 11.4. The number of amides is 1. The van der Waals surface area contributed by atoms with Crippen molar-refractivity contribution in [2.75, 3.05) is 17.2 Å². The van der Waals surface area contributed by atoms with E-state index >= 15 is 0 Å². The second kappa shape index (κ2) is 9.48. The van der Waals surface area contributed by atoms with Crippen LogP contribution in [0.3, 0.4) is 0 Å². The standard InChI is InChI=1S/C23H17F3N4O3S/c24-23(25,26)15-3-1-2-14(10-15)21(31)30-16-6-4-13(5-7-16)8-9-27-20-19-17(28-12-29-20)11-18(34-19)22(32)33/h1-7,10-12H,8-9H2,(H,30,31)(H,32,33)(H,27,28,29). The van der Waals surface area contributed by atoms with Crippen molar-refractivity contribution < 1.29 is 27.9 Å². The lowest BCUT2D eigenvalue weighted by Gasteiger charge is -2.10. The van der Waals surface area contributed by atoms with Crippen molar-refractivity contribution in [3.63, 3.8) is 0 Å². The summed E-state index contributed by atoms with van der Waals surface area (Å²) in [4.78, 5) is 32.0. The van der Waals surface area contributed by atoms with Gasteiger partial charge in [0.15, 0.2) is 0 Å². The first-order valence-corrected chi connectivity index (χ1v) is 10.8. The second-order valence-corrected chi connectivity index (χ2v) is 8.31. The van der Waals surface area contributed by atoms with Gasteiger partial charge in [-0.1, -0.05) is 18.2 Å². The summed E-state index contributed by atoms with van der Waals surface area (Å²) < 4.78 is 39.2. The fraction of sp³-hybridized carbons (Fsp3) is 0.130. The van der Waals surface area contributed by atoms with Gasteiger partial charge in [-0.2, -0.15) is 13.2 Å². The van der Waals surface area contributed by atoms with Crippen LogP contribution in [0, 0.1) is 0 Å². The van der Waals surface area contributed by atoms with Crippen molar-refractivity contribution in [2.45, 2.75) is 12.6 Å². The summed E-state index contributed by atoms with van der Waals surface area (Å²) in [6, 6.07) is 12.7. The molecule has 2 aromatic carbocycles. The molecule has 0 saturated carbocycles. The van der Waals surface area contributed by atoms with Gasteiger partial charge in [-0.05, 0) is 48.4 Å². The molecule has 0 aliphatic rings. The molecule has 0 bridgehead atoms. The van der Waals surface area contributed by atoms with Crippen molar-refractivity contribution in [1.29, 1.82) is 0 Å². The number of nitrogens with one attached hydrogen (secondary N) is 2. The number of alkyl halides is 3. The third-order valence-corrected chi connectivity index (χ3v) is 6.01. The quantitative estimate of drug-likeness (QED) is 0.327. The number of nitrogens with zero attached hydrogens (tertiary/aromatic N) is 2. The number of aromatic nitrogens is 2. The zero-order chi connectivity index (χ0) is 24.3. The molecule has 11 heteroatoms. The van der Waals surface area contributed by atoms with Gasteiger partial charge >= 0.3 is 12.1 Å². The molecule has 0 aliphatic carbocycles. The van der Waals surface area contributed by atoms with Crippen LogP contribution in [0.1, 0.15) is 31.2 Å². The molecule has 0 atom stereocenters. The molecule has 0 unspecified atom stereocenters. The van der Waals surface area contributed by atoms with Gasteiger partial charge in [0.25, 0.3) is 5.91 Å². The van der Waals surface area contributed by atoms with E-state index in [1.807, 2.05) is 0 Å². The first-order chi connectivity index (χ1) is 16.2. The molecule has 4 rings (SSSR count). The number of carboxylic acid groups (broad SMARTS) is 1. The molecule has 0 spiro atoms. The van der Waals surface area contributed by atoms with E-state index in [-0.39, 0.29) is 10.4 Å². The van der Waals surface area contributed by atoms with Crippen molar-refractivity contribution in [3.05, 3.63) is 82.5 Å². The highest BCUT2D eigenvalue weighted by Crippen LogP contribution is 2.30. The van der Waals surface area contributed by atoms with Crippen molar-refractivity contribution in [1.82, 2.24) is 9.97 Å². The summed E-state index contributed by atoms with van der Waals surface area (Å²) in [5.41, 5.74) is 0.994. The average Bonchev–Trinajstić information content (AvgIpc) is 3.25. The number of aromatic carboxylic acids is 1. The minimum absolute atomic E-state index is 0.0844. The van der Waals surface area contributed by atoms with E-state index in [2.05, 4.69) is 20.6 Å². The van der Waals surface area contributed by atoms with Gasteiger partial charge in [0, 0.05) is 17.8 Å². The van der Waals surface area contributed by atoms with E-state index in [4.69, 9.17) is 5.11 Å². The van der Waals surface area contributed by atoms with Crippen LogP contribution >= 0.6 is 11.3 Å². The molecule has 1 amide bonds. The van der Waals surface area contributed by atoms with Crippen LogP contribution < -0.4 is 10.6 Å². The molecule has 0 saturated heterocycles. The molecule has 34 heavy (non-hydrogen) atoms. The van der Waals surface area contributed by atoms with Crippen LogP contribution in [0.4, 0.5) is 24.7 Å². The molecule has 3 N–H and O–H groups in total. The number of anilines is 2. The van der Waals surface area contributed by atoms with Crippen LogP contribution in [-0.2, 0) is 12.6 Å². The van der Waals surface area contributed by atoms with Gasteiger partial charge in [-0.3, -0.25) is 4.79 Å². The number of rotatable bonds is 7. The summed E-state index contributed by atoms with van der Waals surface area (Å²) in [7, 11) is 0. The Labute approximate surface area is 195 Å². The number of carboxylic acids is 1. The SMILES string of the molecule is O=C(Nc1ccc(CCNc2ncnc3cc(C(=O)O)sc23)cc1)c1cccc(C(F)(F)F)c1. The Balaban J connectivity index is 1.35. The lowest BCUT2D eigenvalue weighted by molar-refractivity contribution is -0.137. The molecule has 0 fully saturated rings. The van der Waals surface area contributed by atoms with Crippen LogP contribution in [0.15, 0.2) is 60.9 Å². The first kappa shape index (κ1) is 23.2. The van der Waals surface area contributed by atoms with Crippen molar-refractivity contribution in [2.24, 2.45) is 0 Å². The average molecular weight is 486 g/mol. The number of thiophene rings is 1. The van der Waals surface area contributed by atoms with E-state index in [0.717, 1.165) is 29.0 Å². The smallest absolute Gasteiger partial charge is 0.416 e. The molecule has 0 radical (unpaired) electrons. The highest BCUT2D eigenvalue weighted by Gasteiger charge is 2.30. The predicted molar refractivity (Wildman–Crippen MR) is 122 cm³/mol. The lowest BCUT2D eigenvalue weighted by Crippen LogP contribution is -2.14. The summed E-state index contributed by atoms with van der Waals surface area (Å²) >= 11 is 1.10. The Morgan fingerprint density at radius 1 is 1.03 bits per heavy atom. The minimum atomic E-state index is -4.52. The molecule has 2 heterocycles. The highest BCUT2D eigenvalue weighted by atomic mass is 32.1. The molecule has 4 aromatic rings. The number of halogens is 3. The maximum Gasteiger partial charge on any atom is 0.416 e. The third kappa shape index (κ3) is 5.31. The summed E-state index contributed by atoms with van der Waals surface area (Å²) in [6.45, 7) is 0.516. The summed E-state index contributed by atoms with van der Waals surface area (Å²) in [5, 5.41) is 14.9. The van der Waals surface area contributed by atoms with E-state index in [9.17, 15) is 22.8 Å². The minimum Gasteiger partial charge on any atom is -0.477 e. The van der Waals surface area contributed by atoms with Crippen molar-refractivity contribution >= 4 is 44.9 Å². The molecule has 174 valence electrons. The summed E-state index contributed by atoms with van der Waals surface area (Å²) in [5.74, 6) is -1.10. The number of hydrogen-bond acceptors (Lipinski definition) is 6. The fourth-order valence-electron chi connectivity index (χ4n) is 3.21. The largest absolute Gasteiger partial charge is 0.477 e. The lowest BCUT2D eigenvalue weighted by atomic mass is 10.1. The number of carbonyl (C=O) groups excluding carboxylic acids is 1. The van der Waals surface area contributed by atoms with E-state index in [1.54, 1.807) is 24.3 Å². The van der Waals surface area contributed by atoms with Crippen LogP contribution in [0.2, 0.25) is 0 Å². The topological polar surface area (TPSA) is 104 Å². The van der Waals surface area contributed by atoms with Gasteiger partial charge in [0.05, 0.1) is 15.8 Å². The number of hydrogen-bond donors (Lipinski definition) is 3. The van der Waals surface area contributed by atoms with Gasteiger partial charge < -0.3 is 15.7 Å². The van der Waals surface area contributed by atoms with Gasteiger partial charge in [-0.25, -0.2) is 14.8 Å². The highest BCUT2D eigenvalue weighted by molar-refractivity contribution is 7.21. The maximum atomic E-state index is 12.9. The van der Waals surface area contributed by atoms with Crippen LogP contribution in [0.25, 0.3) is 10.2 Å². The molecular weight excluding hydrogens is 469 g/mol. The monoisotopic (exact) mass is 486 g/mol. The van der Waals surface area contributed by atoms with Gasteiger partial charge in [0.2, 0.25) is 0 Å². The Kier molecular flexibility index (Phi) is 6.46. The zero-order valence-electron chi connectivity index (χ0n) is 17.4. The number of fused-ring (bicyclic) bond motifs is 1. The molecule has 7 nitrogen and oxygen atoms in total. The van der Waals surface area contributed by atoms with E-state index < -0.39 is 23.6 Å². The predicted octanol–water partition coefficient (Wildman–Crippen LogP) is 5.32. The fourth-order valence-corrected chi connectivity index (χ4v) is 4.12. The second-order valence-electron chi connectivity index (χ2n) is 7.26. The molecule has 2 aromatic heterocycles. The van der Waals surface area contributed by atoms with Crippen LogP contribution in [0.5, 0.6) is 0 Å². The van der Waals surface area contributed by atoms with Crippen molar-refractivity contribution in [3.8, 4) is 0 Å². The third-order valence-electron chi connectivity index (χ3n) is 4.89. The summed E-state index contributed by atoms with van der Waals surface area (Å²) in [6.07, 6.45) is -2.54. The van der Waals surface area contributed by atoms with Crippen LogP contribution in [-0.4, -0.2) is 33.5 Å². The Morgan fingerprint density at radius 2 is 1.79 bits per heavy atom. The van der Waals surface area contributed by atoms with E-state index in [1.165, 1.54) is 24.5 Å². The molecule has 0 aliphatic heterocycles. The zero-order valence-corrected chi connectivity index (χ0v) is 18.2. The Hall–Kier alpha value is -3.99. The van der Waals surface area contributed by atoms with Gasteiger partial charge in [-0.15, -0.1) is 11.3 Å². The maximum absolute atomic E-state index is 12.9. The number of benzene rings is 2. The Morgan fingerprint density at radius 3 is 2.50 bits per heavy atom. The molecular formula is C23H17F3N4O3S.